The Bertz CT molecular complexity index is 1270. The van der Waals surface area contributed by atoms with E-state index >= 15 is 0 Å². The summed E-state index contributed by atoms with van der Waals surface area (Å²) in [6, 6.07) is 14.7. The molecule has 0 fully saturated rings. The van der Waals surface area contributed by atoms with Crippen molar-refractivity contribution in [3.8, 4) is 5.75 Å². The number of methoxy groups -OCH3 is 1. The molecule has 1 heterocycles. The number of ether oxygens (including phenoxy) is 1. The number of imide groups is 1. The molecule has 0 aliphatic carbocycles. The van der Waals surface area contributed by atoms with Gasteiger partial charge in [0.15, 0.2) is 11.6 Å². The molecule has 2 amide bonds. The van der Waals surface area contributed by atoms with Gasteiger partial charge in [-0.1, -0.05) is 41.4 Å². The maximum atomic E-state index is 13.7. The Morgan fingerprint density at radius 1 is 0.906 bits per heavy atom. The summed E-state index contributed by atoms with van der Waals surface area (Å²) >= 11 is 6.19. The van der Waals surface area contributed by atoms with E-state index in [1.165, 1.54) is 25.3 Å². The van der Waals surface area contributed by atoms with Crippen LogP contribution in [0.2, 0.25) is 5.02 Å². The van der Waals surface area contributed by atoms with Crippen LogP contribution >= 0.6 is 11.6 Å². The van der Waals surface area contributed by atoms with Crippen molar-refractivity contribution in [2.45, 2.75) is 6.92 Å². The lowest BCUT2D eigenvalue weighted by Gasteiger charge is -2.16. The summed E-state index contributed by atoms with van der Waals surface area (Å²) in [5, 5.41) is 3.02. The molecule has 4 rings (SSSR count). The number of hydrogen-bond acceptors (Lipinski definition) is 4. The number of carbonyl (C=O) groups excluding carboxylic acids is 2. The maximum absolute atomic E-state index is 13.7. The van der Waals surface area contributed by atoms with Gasteiger partial charge in [0.25, 0.3) is 11.8 Å². The molecule has 0 atom stereocenters. The van der Waals surface area contributed by atoms with Gasteiger partial charge in [-0.15, -0.1) is 0 Å². The molecule has 0 saturated carbocycles. The summed E-state index contributed by atoms with van der Waals surface area (Å²) in [4.78, 5) is 27.7. The predicted octanol–water partition coefficient (Wildman–Crippen LogP) is 5.33. The van der Waals surface area contributed by atoms with Gasteiger partial charge in [0.1, 0.15) is 11.4 Å². The highest BCUT2D eigenvalue weighted by Crippen LogP contribution is 2.36. The first-order valence-corrected chi connectivity index (χ1v) is 9.93. The Balaban J connectivity index is 1.81. The van der Waals surface area contributed by atoms with E-state index in [9.17, 15) is 18.4 Å². The van der Waals surface area contributed by atoms with Crippen molar-refractivity contribution in [2.24, 2.45) is 0 Å². The number of hydrogen-bond donors (Lipinski definition) is 1. The highest BCUT2D eigenvalue weighted by atomic mass is 35.5. The number of nitrogens with one attached hydrogen (secondary N) is 1. The summed E-state index contributed by atoms with van der Waals surface area (Å²) in [6.07, 6.45) is 0. The summed E-state index contributed by atoms with van der Waals surface area (Å²) in [6.45, 7) is 1.89. The molecule has 8 heteroatoms. The summed E-state index contributed by atoms with van der Waals surface area (Å²) < 4.78 is 32.2. The van der Waals surface area contributed by atoms with Gasteiger partial charge in [0.05, 0.1) is 23.4 Å². The van der Waals surface area contributed by atoms with Crippen molar-refractivity contribution in [1.82, 2.24) is 0 Å². The van der Waals surface area contributed by atoms with E-state index in [0.29, 0.717) is 11.3 Å². The highest BCUT2D eigenvalue weighted by Gasteiger charge is 2.40. The third kappa shape index (κ3) is 3.83. The number of aryl methyl sites for hydroxylation is 1. The van der Waals surface area contributed by atoms with Crippen molar-refractivity contribution >= 4 is 40.4 Å². The molecule has 1 N–H and O–H groups in total. The van der Waals surface area contributed by atoms with E-state index < -0.39 is 23.4 Å². The first-order chi connectivity index (χ1) is 15.3. The lowest BCUT2D eigenvalue weighted by atomic mass is 10.0. The van der Waals surface area contributed by atoms with Gasteiger partial charge in [-0.3, -0.25) is 9.59 Å². The van der Waals surface area contributed by atoms with Crippen LogP contribution in [0.25, 0.3) is 5.57 Å². The normalized spacial score (nSPS) is 13.7. The molecule has 1 aliphatic rings. The van der Waals surface area contributed by atoms with E-state index in [2.05, 4.69) is 5.32 Å². The summed E-state index contributed by atoms with van der Waals surface area (Å²) in [5.74, 6) is -2.95. The van der Waals surface area contributed by atoms with Crippen LogP contribution in [0.1, 0.15) is 11.1 Å². The fourth-order valence-electron chi connectivity index (χ4n) is 3.38. The molecule has 5 nitrogen and oxygen atoms in total. The maximum Gasteiger partial charge on any atom is 0.282 e. The van der Waals surface area contributed by atoms with Crippen molar-refractivity contribution in [2.75, 3.05) is 17.3 Å². The zero-order valence-corrected chi connectivity index (χ0v) is 17.8. The van der Waals surface area contributed by atoms with Crippen LogP contribution < -0.4 is 15.0 Å². The second-order valence-corrected chi connectivity index (χ2v) is 7.54. The fourth-order valence-corrected chi connectivity index (χ4v) is 3.63. The van der Waals surface area contributed by atoms with Gasteiger partial charge >= 0.3 is 0 Å². The average molecular weight is 455 g/mol. The van der Waals surface area contributed by atoms with E-state index in [1.54, 1.807) is 18.2 Å². The van der Waals surface area contributed by atoms with E-state index in [1.807, 2.05) is 19.1 Å². The van der Waals surface area contributed by atoms with Gasteiger partial charge in [0.2, 0.25) is 0 Å². The molecule has 1 aliphatic heterocycles. The van der Waals surface area contributed by atoms with Crippen LogP contribution in [0.5, 0.6) is 5.75 Å². The van der Waals surface area contributed by atoms with Crippen molar-refractivity contribution in [3.05, 3.63) is 94.1 Å². The second-order valence-electron chi connectivity index (χ2n) is 7.13. The quantitative estimate of drug-likeness (QED) is 0.529. The lowest BCUT2D eigenvalue weighted by molar-refractivity contribution is -0.120. The standard InChI is InChI=1S/C24H17ClF2N2O3/c1-13-3-5-14(6-4-13)21-22(28-15-7-9-18(26)19(27)11-15)24(31)29(23(21)30)16-8-10-20(32-2)17(25)12-16/h3-12,28H,1-2H3. The number of amides is 2. The van der Waals surface area contributed by atoms with Gasteiger partial charge in [-0.25, -0.2) is 13.7 Å². The number of carbonyl (C=O) groups is 2. The molecule has 0 unspecified atom stereocenters. The lowest BCUT2D eigenvalue weighted by Crippen LogP contribution is -2.32. The zero-order chi connectivity index (χ0) is 23.0. The number of halogens is 3. The first-order valence-electron chi connectivity index (χ1n) is 9.56. The monoisotopic (exact) mass is 454 g/mol. The van der Waals surface area contributed by atoms with E-state index in [0.717, 1.165) is 22.6 Å². The SMILES string of the molecule is COc1ccc(N2C(=O)C(Nc3ccc(F)c(F)c3)=C(c3ccc(C)cc3)C2=O)cc1Cl. The molecule has 3 aromatic rings. The average Bonchev–Trinajstić information content (AvgIpc) is 3.01. The van der Waals surface area contributed by atoms with E-state index in [-0.39, 0.29) is 27.7 Å². The smallest absolute Gasteiger partial charge is 0.282 e. The number of rotatable bonds is 5. The third-order valence-electron chi connectivity index (χ3n) is 5.01. The Kier molecular flexibility index (Phi) is 5.67. The molecule has 32 heavy (non-hydrogen) atoms. The Morgan fingerprint density at radius 2 is 1.62 bits per heavy atom. The minimum Gasteiger partial charge on any atom is -0.495 e. The second kappa shape index (κ2) is 8.43. The number of anilines is 2. The molecule has 0 saturated heterocycles. The van der Waals surface area contributed by atoms with Crippen molar-refractivity contribution in [3.63, 3.8) is 0 Å². The van der Waals surface area contributed by atoms with Crippen molar-refractivity contribution < 1.29 is 23.1 Å². The molecule has 162 valence electrons. The van der Waals surface area contributed by atoms with Crippen LogP contribution in [0, 0.1) is 18.6 Å². The Labute approximate surface area is 187 Å². The molecular weight excluding hydrogens is 438 g/mol. The van der Waals surface area contributed by atoms with Crippen molar-refractivity contribution in [1.29, 1.82) is 0 Å². The molecule has 0 bridgehead atoms. The minimum atomic E-state index is -1.08. The first kappa shape index (κ1) is 21.5. The zero-order valence-electron chi connectivity index (χ0n) is 17.1. The molecule has 0 aromatic heterocycles. The molecular formula is C24H17ClF2N2O3. The Hall–Kier alpha value is -3.71. The van der Waals surface area contributed by atoms with Crippen LogP contribution in [-0.2, 0) is 9.59 Å². The highest BCUT2D eigenvalue weighted by molar-refractivity contribution is 6.46. The molecule has 0 radical (unpaired) electrons. The Morgan fingerprint density at radius 3 is 2.25 bits per heavy atom. The van der Waals surface area contributed by atoms with Gasteiger partial charge < -0.3 is 10.1 Å². The number of benzene rings is 3. The predicted molar refractivity (Wildman–Crippen MR) is 119 cm³/mol. The largest absolute Gasteiger partial charge is 0.495 e. The van der Waals surface area contributed by atoms with Crippen LogP contribution in [0.15, 0.2) is 66.4 Å². The fraction of sp³-hybridized carbons (Fsp3) is 0.0833. The van der Waals surface area contributed by atoms with Crippen LogP contribution in [0.4, 0.5) is 20.2 Å². The summed E-state index contributed by atoms with van der Waals surface area (Å²) in [7, 11) is 1.45. The topological polar surface area (TPSA) is 58.6 Å². The van der Waals surface area contributed by atoms with Gasteiger partial charge in [-0.2, -0.15) is 0 Å². The van der Waals surface area contributed by atoms with Gasteiger partial charge in [-0.05, 0) is 42.8 Å². The third-order valence-corrected chi connectivity index (χ3v) is 5.30. The number of nitrogens with zero attached hydrogens (tertiary/aromatic N) is 1. The van der Waals surface area contributed by atoms with E-state index in [4.69, 9.17) is 16.3 Å². The van der Waals surface area contributed by atoms with Crippen LogP contribution in [0.3, 0.4) is 0 Å². The molecule has 3 aromatic carbocycles. The molecule has 0 spiro atoms. The van der Waals surface area contributed by atoms with Gasteiger partial charge in [0, 0.05) is 11.8 Å². The minimum absolute atomic E-state index is 0.0585. The van der Waals surface area contributed by atoms with Crippen LogP contribution in [-0.4, -0.2) is 18.9 Å². The summed E-state index contributed by atoms with van der Waals surface area (Å²) in [5.41, 5.74) is 1.89.